The zero-order chi connectivity index (χ0) is 21.4. The van der Waals surface area contributed by atoms with Crippen LogP contribution in [0.3, 0.4) is 0 Å². The third kappa shape index (κ3) is 4.74. The third-order valence-electron chi connectivity index (χ3n) is 3.69. The molecule has 1 aromatic heterocycles. The second-order valence-electron chi connectivity index (χ2n) is 5.98. The van der Waals surface area contributed by atoms with Gasteiger partial charge in [0.2, 0.25) is 10.0 Å². The Labute approximate surface area is 161 Å². The summed E-state index contributed by atoms with van der Waals surface area (Å²) in [5.41, 5.74) is 0.360. The van der Waals surface area contributed by atoms with Crippen molar-refractivity contribution in [2.75, 3.05) is 11.0 Å². The molecule has 1 N–H and O–H groups in total. The molecule has 3 rings (SSSR count). The summed E-state index contributed by atoms with van der Waals surface area (Å²) in [6, 6.07) is 9.16. The van der Waals surface area contributed by atoms with E-state index < -0.39 is 33.3 Å². The number of hydrogen-bond donors (Lipinski definition) is 1. The molecular weight excluding hydrogens is 415 g/mol. The molecule has 0 aliphatic carbocycles. The van der Waals surface area contributed by atoms with E-state index in [1.54, 1.807) is 0 Å². The quantitative estimate of drug-likeness (QED) is 0.506. The van der Waals surface area contributed by atoms with Gasteiger partial charge in [0.1, 0.15) is 17.6 Å². The third-order valence-corrected chi connectivity index (χ3v) is 4.29. The number of benzene rings is 2. The van der Waals surface area contributed by atoms with Crippen molar-refractivity contribution in [3.63, 3.8) is 0 Å². The van der Waals surface area contributed by atoms with Crippen LogP contribution in [0.25, 0.3) is 22.1 Å². The van der Waals surface area contributed by atoms with Gasteiger partial charge >= 0.3 is 12.1 Å². The lowest BCUT2D eigenvalue weighted by Gasteiger charge is -2.08. The fourth-order valence-corrected chi connectivity index (χ4v) is 3.03. The average molecular weight is 427 g/mol. The van der Waals surface area contributed by atoms with Gasteiger partial charge in [-0.15, -0.1) is 0 Å². The predicted octanol–water partition coefficient (Wildman–Crippen LogP) is 3.30. The van der Waals surface area contributed by atoms with Gasteiger partial charge < -0.3 is 9.15 Å². The van der Waals surface area contributed by atoms with E-state index in [4.69, 9.17) is 4.42 Å². The number of hydrogen-bond acceptors (Lipinski definition) is 6. The summed E-state index contributed by atoms with van der Waals surface area (Å²) in [6.45, 7) is 0. The minimum Gasteiger partial charge on any atom is -0.463 e. The number of anilines is 1. The topological polar surface area (TPSA) is 103 Å². The molecule has 0 bridgehead atoms. The normalized spacial score (nSPS) is 12.0. The highest BCUT2D eigenvalue weighted by molar-refractivity contribution is 7.92. The van der Waals surface area contributed by atoms with Crippen molar-refractivity contribution in [1.82, 2.24) is 0 Å². The van der Waals surface area contributed by atoms with Crippen LogP contribution in [0, 0.1) is 0 Å². The van der Waals surface area contributed by atoms with Crippen LogP contribution in [0.1, 0.15) is 0 Å². The number of alkyl halides is 3. The molecule has 0 saturated heterocycles. The number of halogens is 3. The van der Waals surface area contributed by atoms with Gasteiger partial charge in [0.05, 0.1) is 17.2 Å². The number of rotatable bonds is 4. The van der Waals surface area contributed by atoms with Crippen molar-refractivity contribution in [3.05, 3.63) is 59.0 Å². The molecule has 0 atom stereocenters. The van der Waals surface area contributed by atoms with E-state index in [0.717, 1.165) is 24.7 Å². The van der Waals surface area contributed by atoms with Crippen LogP contribution in [0.5, 0.6) is 5.75 Å². The van der Waals surface area contributed by atoms with Crippen LogP contribution in [0.4, 0.5) is 18.9 Å². The van der Waals surface area contributed by atoms with E-state index in [2.05, 4.69) is 9.46 Å². The van der Waals surface area contributed by atoms with E-state index in [0.29, 0.717) is 11.3 Å². The van der Waals surface area contributed by atoms with Crippen LogP contribution in [0.15, 0.2) is 57.9 Å². The summed E-state index contributed by atoms with van der Waals surface area (Å²) in [5.74, 6) is -2.81. The zero-order valence-electron chi connectivity index (χ0n) is 14.6. The standard InChI is InChI=1S/C18H12F3NO6S/c1-29(25,26)22-11-4-2-10(3-5-11)14-9-27-15-8-12(6-7-13(15)16(14)23)28-17(24)18(19,20)21/h2-9,22H,1H3. The number of carbonyl (C=O) groups excluding carboxylic acids is 1. The van der Waals surface area contributed by atoms with E-state index in [-0.39, 0.29) is 16.5 Å². The Morgan fingerprint density at radius 1 is 1.10 bits per heavy atom. The highest BCUT2D eigenvalue weighted by Gasteiger charge is 2.41. The Kier molecular flexibility index (Phi) is 5.09. The molecule has 0 fully saturated rings. The van der Waals surface area contributed by atoms with Gasteiger partial charge in [0.15, 0.2) is 5.43 Å². The predicted molar refractivity (Wildman–Crippen MR) is 98.1 cm³/mol. The molecule has 1 heterocycles. The molecule has 0 unspecified atom stereocenters. The molecule has 0 radical (unpaired) electrons. The van der Waals surface area contributed by atoms with Crippen molar-refractivity contribution < 1.29 is 35.5 Å². The Bertz CT molecular complexity index is 1250. The van der Waals surface area contributed by atoms with Gasteiger partial charge in [-0.3, -0.25) is 9.52 Å². The molecule has 3 aromatic rings. The number of carbonyl (C=O) groups is 1. The Balaban J connectivity index is 1.93. The lowest BCUT2D eigenvalue weighted by molar-refractivity contribution is -0.189. The monoisotopic (exact) mass is 427 g/mol. The lowest BCUT2D eigenvalue weighted by Crippen LogP contribution is -2.27. The second-order valence-corrected chi connectivity index (χ2v) is 7.72. The first-order chi connectivity index (χ1) is 13.4. The highest BCUT2D eigenvalue weighted by atomic mass is 32.2. The molecule has 7 nitrogen and oxygen atoms in total. The summed E-state index contributed by atoms with van der Waals surface area (Å²) >= 11 is 0. The maximum absolute atomic E-state index is 12.7. The highest BCUT2D eigenvalue weighted by Crippen LogP contribution is 2.26. The molecule has 0 aliphatic heterocycles. The van der Waals surface area contributed by atoms with Crippen molar-refractivity contribution in [3.8, 4) is 16.9 Å². The summed E-state index contributed by atoms with van der Waals surface area (Å²) in [4.78, 5) is 23.6. The average Bonchev–Trinajstić information content (AvgIpc) is 2.61. The second kappa shape index (κ2) is 7.24. The SMILES string of the molecule is CS(=O)(=O)Nc1ccc(-c2coc3cc(OC(=O)C(F)(F)F)ccc3c2=O)cc1. The molecule has 29 heavy (non-hydrogen) atoms. The van der Waals surface area contributed by atoms with Gasteiger partial charge in [0, 0.05) is 11.8 Å². The molecule has 0 saturated carbocycles. The van der Waals surface area contributed by atoms with Crippen molar-refractivity contribution in [1.29, 1.82) is 0 Å². The smallest absolute Gasteiger partial charge is 0.463 e. The van der Waals surface area contributed by atoms with Crippen LogP contribution in [-0.4, -0.2) is 26.8 Å². The number of nitrogens with one attached hydrogen (secondary N) is 1. The lowest BCUT2D eigenvalue weighted by atomic mass is 10.1. The maximum Gasteiger partial charge on any atom is 0.491 e. The van der Waals surface area contributed by atoms with Crippen LogP contribution in [-0.2, 0) is 14.8 Å². The molecule has 0 amide bonds. The van der Waals surface area contributed by atoms with Crippen LogP contribution >= 0.6 is 0 Å². The first-order valence-corrected chi connectivity index (χ1v) is 9.76. The fraction of sp³-hybridized carbons (Fsp3) is 0.111. The Hall–Kier alpha value is -3.34. The van der Waals surface area contributed by atoms with Crippen molar-refractivity contribution in [2.45, 2.75) is 6.18 Å². The summed E-state index contributed by atoms with van der Waals surface area (Å²) in [6.07, 6.45) is -3.05. The Morgan fingerprint density at radius 3 is 2.34 bits per heavy atom. The van der Waals surface area contributed by atoms with Gasteiger partial charge in [-0.2, -0.15) is 13.2 Å². The minimum absolute atomic E-state index is 0.0626. The van der Waals surface area contributed by atoms with Gasteiger partial charge in [-0.05, 0) is 29.8 Å². The van der Waals surface area contributed by atoms with Gasteiger partial charge in [-0.25, -0.2) is 13.2 Å². The molecular formula is C18H12F3NO6S. The van der Waals surface area contributed by atoms with Gasteiger partial charge in [0.25, 0.3) is 0 Å². The Morgan fingerprint density at radius 2 is 1.76 bits per heavy atom. The number of ether oxygens (including phenoxy) is 1. The molecule has 152 valence electrons. The molecule has 2 aromatic carbocycles. The largest absolute Gasteiger partial charge is 0.491 e. The van der Waals surface area contributed by atoms with E-state index in [1.165, 1.54) is 30.3 Å². The molecule has 0 aliphatic rings. The van der Waals surface area contributed by atoms with Gasteiger partial charge in [-0.1, -0.05) is 12.1 Å². The number of esters is 1. The van der Waals surface area contributed by atoms with E-state index >= 15 is 0 Å². The van der Waals surface area contributed by atoms with E-state index in [1.807, 2.05) is 0 Å². The van der Waals surface area contributed by atoms with Crippen LogP contribution in [0.2, 0.25) is 0 Å². The zero-order valence-corrected chi connectivity index (χ0v) is 15.4. The summed E-state index contributed by atoms with van der Waals surface area (Å²) in [7, 11) is -3.45. The van der Waals surface area contributed by atoms with Crippen LogP contribution < -0.4 is 14.9 Å². The first kappa shape index (κ1) is 20.4. The number of fused-ring (bicyclic) bond motifs is 1. The summed E-state index contributed by atoms with van der Waals surface area (Å²) in [5, 5.41) is 0.0626. The molecule has 11 heteroatoms. The van der Waals surface area contributed by atoms with Crippen molar-refractivity contribution >= 4 is 32.6 Å². The minimum atomic E-state index is -5.15. The van der Waals surface area contributed by atoms with E-state index in [9.17, 15) is 31.2 Å². The maximum atomic E-state index is 12.7. The molecule has 0 spiro atoms. The van der Waals surface area contributed by atoms with Crippen molar-refractivity contribution in [2.24, 2.45) is 0 Å². The first-order valence-electron chi connectivity index (χ1n) is 7.87. The fourth-order valence-electron chi connectivity index (χ4n) is 2.47. The summed E-state index contributed by atoms with van der Waals surface area (Å²) < 4.78 is 71.1. The number of sulfonamides is 1.